The summed E-state index contributed by atoms with van der Waals surface area (Å²) in [6.07, 6.45) is 6.15. The van der Waals surface area contributed by atoms with Gasteiger partial charge in [-0.15, -0.1) is 0 Å². The number of para-hydroxylation sites is 1. The lowest BCUT2D eigenvalue weighted by Crippen LogP contribution is -2.30. The second-order valence-electron chi connectivity index (χ2n) is 7.84. The molecule has 0 saturated heterocycles. The van der Waals surface area contributed by atoms with E-state index in [0.717, 1.165) is 38.5 Å². The molecule has 2 aromatic heterocycles. The zero-order valence-corrected chi connectivity index (χ0v) is 17.2. The van der Waals surface area contributed by atoms with Crippen LogP contribution in [0.1, 0.15) is 44.6 Å². The molecule has 0 bridgehead atoms. The van der Waals surface area contributed by atoms with Crippen LogP contribution >= 0.6 is 11.6 Å². The quantitative estimate of drug-likeness (QED) is 0.307. The molecule has 6 heteroatoms. The van der Waals surface area contributed by atoms with Crippen LogP contribution in [0.3, 0.4) is 0 Å². The first kappa shape index (κ1) is 19.1. The maximum absolute atomic E-state index is 13.7. The normalized spacial score (nSPS) is 15.5. The summed E-state index contributed by atoms with van der Waals surface area (Å²) in [7, 11) is 0. The number of nitrogens with zero attached hydrogens (tertiary/aromatic N) is 2. The number of rotatable bonds is 2. The minimum atomic E-state index is -0.346. The van der Waals surface area contributed by atoms with Gasteiger partial charge in [-0.2, -0.15) is 4.98 Å². The number of benzene rings is 2. The minimum absolute atomic E-state index is 0.00810. The Morgan fingerprint density at radius 1 is 0.933 bits per heavy atom. The van der Waals surface area contributed by atoms with Crippen molar-refractivity contribution in [2.75, 3.05) is 0 Å². The van der Waals surface area contributed by atoms with Crippen LogP contribution in [0, 0.1) is 0 Å². The summed E-state index contributed by atoms with van der Waals surface area (Å²) in [6.45, 7) is 0. The van der Waals surface area contributed by atoms with Gasteiger partial charge in [0.25, 0.3) is 5.56 Å². The number of halogens is 1. The van der Waals surface area contributed by atoms with Crippen LogP contribution in [-0.2, 0) is 0 Å². The summed E-state index contributed by atoms with van der Waals surface area (Å²) in [5, 5.41) is 0.907. The number of hydrogen-bond donors (Lipinski definition) is 0. The molecule has 1 aliphatic rings. The molecule has 0 aliphatic heterocycles. The molecule has 0 spiro atoms. The molecule has 0 atom stereocenters. The monoisotopic (exact) mass is 420 g/mol. The van der Waals surface area contributed by atoms with E-state index >= 15 is 0 Å². The highest BCUT2D eigenvalue weighted by Crippen LogP contribution is 2.33. The summed E-state index contributed by atoms with van der Waals surface area (Å²) in [5.41, 5.74) is 0.458. The standard InChI is InChI=1S/C24H21ClN2O3/c25-18-13-7-5-11-16(18)22-26-23-20(21(28)17-12-6-8-14-19(17)30-23)24(29)27(22)15-9-3-1-2-4-10-15/h5-8,11-15H,1-4,9-10H2. The van der Waals surface area contributed by atoms with E-state index < -0.39 is 0 Å². The van der Waals surface area contributed by atoms with Crippen molar-refractivity contribution < 1.29 is 4.42 Å². The highest BCUT2D eigenvalue weighted by Gasteiger charge is 2.25. The summed E-state index contributed by atoms with van der Waals surface area (Å²) in [4.78, 5) is 31.6. The number of hydrogen-bond acceptors (Lipinski definition) is 4. The van der Waals surface area contributed by atoms with Gasteiger partial charge in [-0.05, 0) is 37.1 Å². The molecule has 30 heavy (non-hydrogen) atoms. The first-order valence-electron chi connectivity index (χ1n) is 10.4. The topological polar surface area (TPSA) is 65.1 Å². The van der Waals surface area contributed by atoms with Gasteiger partial charge in [0.05, 0.1) is 10.4 Å². The molecule has 1 aliphatic carbocycles. The number of aromatic nitrogens is 2. The molecule has 5 rings (SSSR count). The van der Waals surface area contributed by atoms with E-state index in [1.54, 1.807) is 34.9 Å². The van der Waals surface area contributed by atoms with E-state index in [4.69, 9.17) is 21.0 Å². The zero-order chi connectivity index (χ0) is 20.7. The van der Waals surface area contributed by atoms with Crippen LogP contribution in [0.4, 0.5) is 0 Å². The fraction of sp³-hybridized carbons (Fsp3) is 0.292. The van der Waals surface area contributed by atoms with Crippen molar-refractivity contribution in [2.24, 2.45) is 0 Å². The first-order valence-corrected chi connectivity index (χ1v) is 10.8. The minimum Gasteiger partial charge on any atom is -0.437 e. The number of fused-ring (bicyclic) bond motifs is 2. The van der Waals surface area contributed by atoms with Crippen LogP contribution in [0.15, 0.2) is 62.5 Å². The maximum atomic E-state index is 13.7. The van der Waals surface area contributed by atoms with Crippen molar-refractivity contribution in [3.8, 4) is 11.4 Å². The van der Waals surface area contributed by atoms with Gasteiger partial charge in [-0.3, -0.25) is 14.2 Å². The molecule has 152 valence electrons. The Balaban J connectivity index is 1.90. The van der Waals surface area contributed by atoms with Crippen molar-refractivity contribution in [2.45, 2.75) is 44.6 Å². The predicted octanol–water partition coefficient (Wildman–Crippen LogP) is 5.72. The van der Waals surface area contributed by atoms with Crippen molar-refractivity contribution in [3.63, 3.8) is 0 Å². The highest BCUT2D eigenvalue weighted by atomic mass is 35.5. The third-order valence-electron chi connectivity index (χ3n) is 5.95. The lowest BCUT2D eigenvalue weighted by Gasteiger charge is -2.22. The van der Waals surface area contributed by atoms with Gasteiger partial charge in [0.2, 0.25) is 11.1 Å². The van der Waals surface area contributed by atoms with Crippen molar-refractivity contribution in [1.29, 1.82) is 0 Å². The van der Waals surface area contributed by atoms with Crippen LogP contribution in [0.2, 0.25) is 5.02 Å². The molecule has 0 N–H and O–H groups in total. The van der Waals surface area contributed by atoms with Gasteiger partial charge >= 0.3 is 0 Å². The van der Waals surface area contributed by atoms with Gasteiger partial charge in [0, 0.05) is 11.6 Å². The summed E-state index contributed by atoms with van der Waals surface area (Å²) in [6, 6.07) is 14.3. The Labute approximate surface area is 177 Å². The van der Waals surface area contributed by atoms with Crippen LogP contribution in [0.25, 0.3) is 33.5 Å². The van der Waals surface area contributed by atoms with Gasteiger partial charge < -0.3 is 4.42 Å². The fourth-order valence-corrected chi connectivity index (χ4v) is 4.67. The maximum Gasteiger partial charge on any atom is 0.269 e. The Morgan fingerprint density at radius 3 is 2.40 bits per heavy atom. The molecule has 0 radical (unpaired) electrons. The Hall–Kier alpha value is -2.92. The van der Waals surface area contributed by atoms with Gasteiger partial charge in [-0.1, -0.05) is 61.5 Å². The van der Waals surface area contributed by atoms with Gasteiger partial charge in [0.1, 0.15) is 11.4 Å². The molecule has 0 unspecified atom stereocenters. The Morgan fingerprint density at radius 2 is 1.63 bits per heavy atom. The molecule has 1 fully saturated rings. The molecular formula is C24H21ClN2O3. The molecule has 5 nitrogen and oxygen atoms in total. The lowest BCUT2D eigenvalue weighted by atomic mass is 10.1. The van der Waals surface area contributed by atoms with E-state index in [2.05, 4.69) is 0 Å². The van der Waals surface area contributed by atoms with E-state index in [0.29, 0.717) is 27.4 Å². The van der Waals surface area contributed by atoms with Gasteiger partial charge in [-0.25, -0.2) is 0 Å². The van der Waals surface area contributed by atoms with E-state index in [1.165, 1.54) is 0 Å². The van der Waals surface area contributed by atoms with Crippen molar-refractivity contribution in [1.82, 2.24) is 9.55 Å². The Bertz CT molecular complexity index is 1360. The smallest absolute Gasteiger partial charge is 0.269 e. The lowest BCUT2D eigenvalue weighted by molar-refractivity contribution is 0.433. The third-order valence-corrected chi connectivity index (χ3v) is 6.28. The molecular weight excluding hydrogens is 400 g/mol. The summed E-state index contributed by atoms with van der Waals surface area (Å²) in [5.74, 6) is 0.462. The SMILES string of the molecule is O=c1c2ccccc2oc2nc(-c3ccccc3Cl)n(C3CCCCCC3)c(=O)c12. The fourth-order valence-electron chi connectivity index (χ4n) is 4.45. The summed E-state index contributed by atoms with van der Waals surface area (Å²) < 4.78 is 7.60. The third kappa shape index (κ3) is 3.14. The first-order chi connectivity index (χ1) is 14.6. The van der Waals surface area contributed by atoms with Crippen LogP contribution < -0.4 is 11.0 Å². The second kappa shape index (κ2) is 7.73. The largest absolute Gasteiger partial charge is 0.437 e. The second-order valence-corrected chi connectivity index (χ2v) is 8.25. The van der Waals surface area contributed by atoms with Crippen molar-refractivity contribution >= 4 is 33.7 Å². The predicted molar refractivity (Wildman–Crippen MR) is 119 cm³/mol. The molecule has 1 saturated carbocycles. The average molecular weight is 421 g/mol. The highest BCUT2D eigenvalue weighted by molar-refractivity contribution is 6.33. The Kier molecular flexibility index (Phi) is 4.91. The van der Waals surface area contributed by atoms with Crippen LogP contribution in [0.5, 0.6) is 0 Å². The molecule has 2 aromatic carbocycles. The van der Waals surface area contributed by atoms with Gasteiger partial charge in [0.15, 0.2) is 5.39 Å². The van der Waals surface area contributed by atoms with E-state index in [1.807, 2.05) is 18.2 Å². The van der Waals surface area contributed by atoms with E-state index in [9.17, 15) is 9.59 Å². The zero-order valence-electron chi connectivity index (χ0n) is 16.4. The molecule has 2 heterocycles. The summed E-state index contributed by atoms with van der Waals surface area (Å²) >= 11 is 6.48. The van der Waals surface area contributed by atoms with E-state index in [-0.39, 0.29) is 28.1 Å². The average Bonchev–Trinajstić information content (AvgIpc) is 3.03. The van der Waals surface area contributed by atoms with Crippen LogP contribution in [-0.4, -0.2) is 9.55 Å². The van der Waals surface area contributed by atoms with Crippen molar-refractivity contribution in [3.05, 3.63) is 74.1 Å². The molecule has 0 amide bonds. The molecule has 4 aromatic rings.